The third kappa shape index (κ3) is 3.41. The summed E-state index contributed by atoms with van der Waals surface area (Å²) in [5.41, 5.74) is 0.925. The number of anilines is 1. The van der Waals surface area contributed by atoms with Crippen LogP contribution in [-0.4, -0.2) is 23.9 Å². The molecule has 0 N–H and O–H groups in total. The number of imide groups is 1. The van der Waals surface area contributed by atoms with E-state index >= 15 is 0 Å². The molecule has 5 nitrogen and oxygen atoms in total. The molecule has 2 amide bonds. The van der Waals surface area contributed by atoms with Crippen molar-refractivity contribution in [3.63, 3.8) is 0 Å². The van der Waals surface area contributed by atoms with Crippen LogP contribution in [-0.2, 0) is 14.3 Å². The Morgan fingerprint density at radius 2 is 1.68 bits per heavy atom. The second kappa shape index (κ2) is 7.75. The Morgan fingerprint density at radius 1 is 1.00 bits per heavy atom. The van der Waals surface area contributed by atoms with Crippen LogP contribution >= 0.6 is 0 Å². The number of ether oxygens (including phenoxy) is 1. The van der Waals surface area contributed by atoms with Gasteiger partial charge in [0.05, 0.1) is 23.1 Å². The summed E-state index contributed by atoms with van der Waals surface area (Å²) in [5, 5.41) is 0. The fourth-order valence-corrected chi connectivity index (χ4v) is 6.89. The van der Waals surface area contributed by atoms with Crippen molar-refractivity contribution < 1.29 is 19.1 Å². The summed E-state index contributed by atoms with van der Waals surface area (Å²) >= 11 is 0. The first kappa shape index (κ1) is 20.7. The summed E-state index contributed by atoms with van der Waals surface area (Å²) in [6.07, 6.45) is 6.20. The molecule has 5 rings (SSSR count). The smallest absolute Gasteiger partial charge is 0.338 e. The molecule has 1 aromatic carbocycles. The lowest BCUT2D eigenvalue weighted by atomic mass is 9.75. The number of hydrogen-bond donors (Lipinski definition) is 0. The van der Waals surface area contributed by atoms with Crippen molar-refractivity contribution in [1.29, 1.82) is 0 Å². The van der Waals surface area contributed by atoms with Gasteiger partial charge in [-0.1, -0.05) is 33.3 Å². The Bertz CT molecular complexity index is 880. The molecule has 4 aliphatic rings. The van der Waals surface area contributed by atoms with E-state index in [0.717, 1.165) is 32.1 Å². The van der Waals surface area contributed by atoms with Crippen molar-refractivity contribution in [2.75, 3.05) is 4.90 Å². The topological polar surface area (TPSA) is 63.7 Å². The summed E-state index contributed by atoms with van der Waals surface area (Å²) in [5.74, 6) is 1.28. The van der Waals surface area contributed by atoms with Gasteiger partial charge in [-0.15, -0.1) is 0 Å². The van der Waals surface area contributed by atoms with Crippen LogP contribution in [0, 0.1) is 41.4 Å². The van der Waals surface area contributed by atoms with E-state index in [4.69, 9.17) is 4.74 Å². The van der Waals surface area contributed by atoms with Gasteiger partial charge in [0.2, 0.25) is 11.8 Å². The fraction of sp³-hybridized carbons (Fsp3) is 0.654. The molecule has 0 aromatic heterocycles. The third-order valence-corrected chi connectivity index (χ3v) is 8.49. The van der Waals surface area contributed by atoms with Crippen molar-refractivity contribution in [3.05, 3.63) is 29.8 Å². The van der Waals surface area contributed by atoms with Gasteiger partial charge in [0.1, 0.15) is 6.10 Å². The minimum Gasteiger partial charge on any atom is -0.458 e. The van der Waals surface area contributed by atoms with E-state index in [0.29, 0.717) is 40.8 Å². The number of rotatable bonds is 4. The Morgan fingerprint density at radius 3 is 2.32 bits per heavy atom. The van der Waals surface area contributed by atoms with Gasteiger partial charge in [0, 0.05) is 0 Å². The summed E-state index contributed by atoms with van der Waals surface area (Å²) in [6.45, 7) is 6.60. The molecule has 1 aromatic rings. The van der Waals surface area contributed by atoms with Crippen LogP contribution < -0.4 is 4.90 Å². The largest absolute Gasteiger partial charge is 0.458 e. The number of esters is 1. The third-order valence-electron chi connectivity index (χ3n) is 8.49. The highest BCUT2D eigenvalue weighted by atomic mass is 16.5. The Kier molecular flexibility index (Phi) is 5.18. The van der Waals surface area contributed by atoms with Gasteiger partial charge in [0.25, 0.3) is 0 Å². The molecule has 3 aliphatic carbocycles. The van der Waals surface area contributed by atoms with E-state index in [1.807, 2.05) is 0 Å². The Labute approximate surface area is 184 Å². The monoisotopic (exact) mass is 423 g/mol. The van der Waals surface area contributed by atoms with E-state index in [9.17, 15) is 14.4 Å². The zero-order valence-corrected chi connectivity index (χ0v) is 18.8. The number of carbonyl (C=O) groups is 3. The highest BCUT2D eigenvalue weighted by Crippen LogP contribution is 2.56. The number of fused-ring (bicyclic) bond motifs is 5. The SMILES string of the molecule is CC(C)[C@H]1CC[C@@H](C)C[C@@H]1OC(=O)c1cccc(N2C(=O)[C@@H]3[C@H]4CC[C@@H](C4)[C@@H]3C2=O)c1. The average Bonchev–Trinajstić information content (AvgIpc) is 3.41. The predicted octanol–water partition coefficient (Wildman–Crippen LogP) is 4.84. The second-order valence-corrected chi connectivity index (χ2v) is 10.7. The fourth-order valence-electron chi connectivity index (χ4n) is 6.89. The average molecular weight is 424 g/mol. The van der Waals surface area contributed by atoms with Crippen molar-refractivity contribution >= 4 is 23.5 Å². The first-order chi connectivity index (χ1) is 14.8. The standard InChI is InChI=1S/C26H33NO4/c1-14(2)20-10-7-15(3)11-21(20)31-26(30)18-5-4-6-19(13-18)27-24(28)22-16-8-9-17(12-16)23(22)25(27)29/h4-6,13-17,20-23H,7-12H2,1-3H3/t15-,16+,17+,20-,21+,22-,23+/m1/s1. The molecule has 1 saturated heterocycles. The zero-order valence-electron chi connectivity index (χ0n) is 18.8. The van der Waals surface area contributed by atoms with E-state index in [2.05, 4.69) is 20.8 Å². The molecule has 3 saturated carbocycles. The summed E-state index contributed by atoms with van der Waals surface area (Å²) in [7, 11) is 0. The van der Waals surface area contributed by atoms with Crippen LogP contribution in [0.25, 0.3) is 0 Å². The van der Waals surface area contributed by atoms with Gasteiger partial charge in [-0.25, -0.2) is 4.79 Å². The molecule has 1 heterocycles. The maximum Gasteiger partial charge on any atom is 0.338 e. The van der Waals surface area contributed by atoms with Crippen LogP contribution in [0.15, 0.2) is 24.3 Å². The van der Waals surface area contributed by atoms with Gasteiger partial charge in [-0.2, -0.15) is 0 Å². The van der Waals surface area contributed by atoms with E-state index in [-0.39, 0.29) is 35.7 Å². The van der Waals surface area contributed by atoms with Crippen molar-refractivity contribution in [1.82, 2.24) is 0 Å². The number of carbonyl (C=O) groups excluding carboxylic acids is 3. The molecule has 166 valence electrons. The Hall–Kier alpha value is -2.17. The van der Waals surface area contributed by atoms with E-state index in [1.165, 1.54) is 11.3 Å². The molecular weight excluding hydrogens is 390 g/mol. The highest BCUT2D eigenvalue weighted by Gasteiger charge is 2.61. The van der Waals surface area contributed by atoms with Crippen molar-refractivity contribution in [2.45, 2.75) is 65.4 Å². The second-order valence-electron chi connectivity index (χ2n) is 10.7. The molecule has 4 fully saturated rings. The van der Waals surface area contributed by atoms with Crippen molar-refractivity contribution in [3.8, 4) is 0 Å². The van der Waals surface area contributed by atoms with Crippen LogP contribution in [0.5, 0.6) is 0 Å². The van der Waals surface area contributed by atoms with Crippen LogP contribution in [0.3, 0.4) is 0 Å². The first-order valence-corrected chi connectivity index (χ1v) is 12.0. The summed E-state index contributed by atoms with van der Waals surface area (Å²) in [4.78, 5) is 40.6. The van der Waals surface area contributed by atoms with Crippen molar-refractivity contribution in [2.24, 2.45) is 41.4 Å². The Balaban J connectivity index is 1.35. The zero-order chi connectivity index (χ0) is 21.9. The van der Waals surface area contributed by atoms with Gasteiger partial charge in [-0.3, -0.25) is 14.5 Å². The molecule has 0 radical (unpaired) electrons. The quantitative estimate of drug-likeness (QED) is 0.513. The van der Waals surface area contributed by atoms with Gasteiger partial charge in [-0.05, 0) is 79.9 Å². The minimum atomic E-state index is -0.356. The maximum absolute atomic E-state index is 13.1. The number of hydrogen-bond acceptors (Lipinski definition) is 4. The maximum atomic E-state index is 13.1. The summed E-state index contributed by atoms with van der Waals surface area (Å²) in [6, 6.07) is 6.89. The van der Waals surface area contributed by atoms with Crippen LogP contribution in [0.4, 0.5) is 5.69 Å². The van der Waals surface area contributed by atoms with Crippen LogP contribution in [0.2, 0.25) is 0 Å². The molecule has 0 spiro atoms. The molecule has 31 heavy (non-hydrogen) atoms. The lowest BCUT2D eigenvalue weighted by Gasteiger charge is -2.36. The normalized spacial score (nSPS) is 36.9. The van der Waals surface area contributed by atoms with Crippen LogP contribution in [0.1, 0.15) is 69.7 Å². The van der Waals surface area contributed by atoms with Gasteiger partial charge >= 0.3 is 5.97 Å². The number of amides is 2. The summed E-state index contributed by atoms with van der Waals surface area (Å²) < 4.78 is 5.98. The van der Waals surface area contributed by atoms with E-state index < -0.39 is 0 Å². The highest BCUT2D eigenvalue weighted by molar-refractivity contribution is 6.22. The molecular formula is C26H33NO4. The molecule has 0 unspecified atom stereocenters. The lowest BCUT2D eigenvalue weighted by molar-refractivity contribution is -0.123. The molecule has 5 heteroatoms. The molecule has 2 bridgehead atoms. The number of benzene rings is 1. The van der Waals surface area contributed by atoms with Gasteiger partial charge in [0.15, 0.2) is 0 Å². The predicted molar refractivity (Wildman–Crippen MR) is 117 cm³/mol. The molecule has 1 aliphatic heterocycles. The number of nitrogens with zero attached hydrogens (tertiary/aromatic N) is 1. The molecule has 7 atom stereocenters. The minimum absolute atomic E-state index is 0.0753. The van der Waals surface area contributed by atoms with Gasteiger partial charge < -0.3 is 4.74 Å². The first-order valence-electron chi connectivity index (χ1n) is 12.0. The lowest BCUT2D eigenvalue weighted by Crippen LogP contribution is -2.36. The van der Waals surface area contributed by atoms with E-state index in [1.54, 1.807) is 24.3 Å².